The van der Waals surface area contributed by atoms with Crippen LogP contribution in [0.2, 0.25) is 5.02 Å². The monoisotopic (exact) mass is 312 g/mol. The summed E-state index contributed by atoms with van der Waals surface area (Å²) in [5, 5.41) is 3.30. The predicted molar refractivity (Wildman–Crippen MR) is 85.8 cm³/mol. The van der Waals surface area contributed by atoms with E-state index in [1.807, 2.05) is 32.8 Å². The van der Waals surface area contributed by atoms with E-state index in [1.165, 1.54) is 6.20 Å². The van der Waals surface area contributed by atoms with Crippen molar-refractivity contribution in [2.24, 2.45) is 5.92 Å². The van der Waals surface area contributed by atoms with Gasteiger partial charge in [0.2, 0.25) is 0 Å². The third-order valence-electron chi connectivity index (χ3n) is 3.18. The van der Waals surface area contributed by atoms with E-state index >= 15 is 0 Å². The molecular formula is C15H25ClN4O. The SMILES string of the molecule is CC(C)c1ncc(Cl)c(C(=O)NC(CN(C)C)C(C)C)n1. The van der Waals surface area contributed by atoms with Crippen LogP contribution in [-0.4, -0.2) is 47.5 Å². The zero-order chi connectivity index (χ0) is 16.2. The molecule has 1 unspecified atom stereocenters. The molecule has 6 heteroatoms. The Morgan fingerprint density at radius 3 is 2.43 bits per heavy atom. The van der Waals surface area contributed by atoms with Crippen molar-refractivity contribution in [3.8, 4) is 0 Å². The lowest BCUT2D eigenvalue weighted by Gasteiger charge is -2.25. The Hall–Kier alpha value is -1.20. The molecule has 0 aromatic carbocycles. The van der Waals surface area contributed by atoms with Gasteiger partial charge in [0.1, 0.15) is 11.5 Å². The standard InChI is InChI=1S/C15H25ClN4O/c1-9(2)12(8-20(5)6)18-15(21)13-11(16)7-17-14(19-13)10(3)4/h7,9-10,12H,8H2,1-6H3,(H,18,21). The molecule has 1 amide bonds. The maximum atomic E-state index is 12.4. The predicted octanol–water partition coefficient (Wildman–Crippen LogP) is 2.57. The zero-order valence-electron chi connectivity index (χ0n) is 13.6. The summed E-state index contributed by atoms with van der Waals surface area (Å²) in [7, 11) is 3.96. The number of hydrogen-bond donors (Lipinski definition) is 1. The smallest absolute Gasteiger partial charge is 0.271 e. The number of halogens is 1. The van der Waals surface area contributed by atoms with Gasteiger partial charge in [-0.2, -0.15) is 0 Å². The largest absolute Gasteiger partial charge is 0.346 e. The number of nitrogens with zero attached hydrogens (tertiary/aromatic N) is 3. The first kappa shape index (κ1) is 17.9. The van der Waals surface area contributed by atoms with E-state index in [0.29, 0.717) is 11.7 Å². The van der Waals surface area contributed by atoms with E-state index in [-0.39, 0.29) is 28.6 Å². The first-order valence-corrected chi connectivity index (χ1v) is 7.58. The number of carbonyl (C=O) groups is 1. The zero-order valence-corrected chi connectivity index (χ0v) is 14.4. The average Bonchev–Trinajstić information content (AvgIpc) is 2.37. The maximum Gasteiger partial charge on any atom is 0.271 e. The number of likely N-dealkylation sites (N-methyl/N-ethyl adjacent to an activating group) is 1. The van der Waals surface area contributed by atoms with Crippen molar-refractivity contribution in [3.05, 3.63) is 22.7 Å². The third kappa shape index (κ3) is 5.25. The molecule has 0 spiro atoms. The minimum atomic E-state index is -0.246. The summed E-state index contributed by atoms with van der Waals surface area (Å²) >= 11 is 6.07. The topological polar surface area (TPSA) is 58.1 Å². The minimum Gasteiger partial charge on any atom is -0.346 e. The lowest BCUT2D eigenvalue weighted by atomic mass is 10.0. The maximum absolute atomic E-state index is 12.4. The summed E-state index contributed by atoms with van der Waals surface area (Å²) in [5.74, 6) is 0.848. The molecule has 118 valence electrons. The highest BCUT2D eigenvalue weighted by Crippen LogP contribution is 2.17. The number of nitrogens with one attached hydrogen (secondary N) is 1. The summed E-state index contributed by atoms with van der Waals surface area (Å²) in [4.78, 5) is 22.9. The molecule has 0 saturated heterocycles. The molecule has 0 radical (unpaired) electrons. The summed E-state index contributed by atoms with van der Waals surface area (Å²) in [6.07, 6.45) is 1.50. The molecule has 1 aromatic heterocycles. The Morgan fingerprint density at radius 1 is 1.33 bits per heavy atom. The summed E-state index contributed by atoms with van der Waals surface area (Å²) in [6.45, 7) is 8.88. The molecule has 1 atom stereocenters. The number of aromatic nitrogens is 2. The van der Waals surface area contributed by atoms with Gasteiger partial charge in [0.25, 0.3) is 5.91 Å². The molecule has 0 aliphatic heterocycles. The van der Waals surface area contributed by atoms with Crippen molar-refractivity contribution in [2.45, 2.75) is 39.7 Å². The van der Waals surface area contributed by atoms with Crippen LogP contribution in [0.4, 0.5) is 0 Å². The van der Waals surface area contributed by atoms with Crippen molar-refractivity contribution in [3.63, 3.8) is 0 Å². The van der Waals surface area contributed by atoms with Crippen molar-refractivity contribution >= 4 is 17.5 Å². The molecule has 1 aromatic rings. The third-order valence-corrected chi connectivity index (χ3v) is 3.45. The van der Waals surface area contributed by atoms with Gasteiger partial charge in [0, 0.05) is 18.5 Å². The quantitative estimate of drug-likeness (QED) is 0.877. The Morgan fingerprint density at radius 2 is 1.95 bits per heavy atom. The van der Waals surface area contributed by atoms with Crippen LogP contribution in [0.3, 0.4) is 0 Å². The second-order valence-electron chi connectivity index (χ2n) is 6.17. The van der Waals surface area contributed by atoms with E-state index in [4.69, 9.17) is 11.6 Å². The highest BCUT2D eigenvalue weighted by Gasteiger charge is 2.21. The first-order valence-electron chi connectivity index (χ1n) is 7.20. The molecule has 1 heterocycles. The fourth-order valence-corrected chi connectivity index (χ4v) is 2.05. The Labute approximate surface area is 132 Å². The fourth-order valence-electron chi connectivity index (χ4n) is 1.87. The van der Waals surface area contributed by atoms with E-state index in [0.717, 1.165) is 6.54 Å². The molecule has 0 bridgehead atoms. The average molecular weight is 313 g/mol. The number of hydrogen-bond acceptors (Lipinski definition) is 4. The van der Waals surface area contributed by atoms with Gasteiger partial charge in [0.05, 0.1) is 11.2 Å². The molecule has 5 nitrogen and oxygen atoms in total. The summed E-state index contributed by atoms with van der Waals surface area (Å²) in [5.41, 5.74) is 0.250. The van der Waals surface area contributed by atoms with Gasteiger partial charge in [-0.15, -0.1) is 0 Å². The van der Waals surface area contributed by atoms with Crippen LogP contribution < -0.4 is 5.32 Å². The van der Waals surface area contributed by atoms with Crippen molar-refractivity contribution in [1.82, 2.24) is 20.2 Å². The number of carbonyl (C=O) groups excluding carboxylic acids is 1. The van der Waals surface area contributed by atoms with Crippen molar-refractivity contribution < 1.29 is 4.79 Å². The van der Waals surface area contributed by atoms with Crippen LogP contribution in [0.15, 0.2) is 6.20 Å². The molecule has 0 aliphatic rings. The number of rotatable bonds is 6. The Balaban J connectivity index is 2.94. The van der Waals surface area contributed by atoms with Gasteiger partial charge in [-0.3, -0.25) is 4.79 Å². The molecule has 21 heavy (non-hydrogen) atoms. The van der Waals surface area contributed by atoms with Crippen molar-refractivity contribution in [2.75, 3.05) is 20.6 Å². The van der Waals surface area contributed by atoms with E-state index in [9.17, 15) is 4.79 Å². The summed E-state index contributed by atoms with van der Waals surface area (Å²) < 4.78 is 0. The number of amides is 1. The van der Waals surface area contributed by atoms with E-state index < -0.39 is 0 Å². The van der Waals surface area contributed by atoms with Gasteiger partial charge in [-0.1, -0.05) is 39.3 Å². The van der Waals surface area contributed by atoms with Crippen molar-refractivity contribution in [1.29, 1.82) is 0 Å². The van der Waals surface area contributed by atoms with Crippen LogP contribution in [0.1, 0.15) is 49.9 Å². The lowest BCUT2D eigenvalue weighted by Crippen LogP contribution is -2.45. The highest BCUT2D eigenvalue weighted by atomic mass is 35.5. The molecular weight excluding hydrogens is 288 g/mol. The van der Waals surface area contributed by atoms with Gasteiger partial charge in [-0.25, -0.2) is 9.97 Å². The van der Waals surface area contributed by atoms with E-state index in [2.05, 4.69) is 29.1 Å². The normalized spacial score (nSPS) is 13.0. The minimum absolute atomic E-state index is 0.0426. The molecule has 0 fully saturated rings. The first-order chi connectivity index (χ1) is 9.72. The Bertz CT molecular complexity index is 489. The van der Waals surface area contributed by atoms with Crippen LogP contribution >= 0.6 is 11.6 Å². The van der Waals surface area contributed by atoms with Gasteiger partial charge < -0.3 is 10.2 Å². The second kappa shape index (κ2) is 7.71. The van der Waals surface area contributed by atoms with E-state index in [1.54, 1.807) is 0 Å². The second-order valence-corrected chi connectivity index (χ2v) is 6.57. The van der Waals surface area contributed by atoms with Crippen LogP contribution in [-0.2, 0) is 0 Å². The van der Waals surface area contributed by atoms with Gasteiger partial charge in [-0.05, 0) is 20.0 Å². The lowest BCUT2D eigenvalue weighted by molar-refractivity contribution is 0.0911. The highest BCUT2D eigenvalue weighted by molar-refractivity contribution is 6.33. The van der Waals surface area contributed by atoms with Gasteiger partial charge in [0.15, 0.2) is 0 Å². The van der Waals surface area contributed by atoms with Crippen LogP contribution in [0.25, 0.3) is 0 Å². The van der Waals surface area contributed by atoms with Gasteiger partial charge >= 0.3 is 0 Å². The molecule has 1 N–H and O–H groups in total. The molecule has 0 aliphatic carbocycles. The fraction of sp³-hybridized carbons (Fsp3) is 0.667. The van der Waals surface area contributed by atoms with Crippen LogP contribution in [0, 0.1) is 5.92 Å². The van der Waals surface area contributed by atoms with Crippen LogP contribution in [0.5, 0.6) is 0 Å². The summed E-state index contributed by atoms with van der Waals surface area (Å²) in [6, 6.07) is 0.0426. The Kier molecular flexibility index (Phi) is 6.55. The molecule has 1 rings (SSSR count). The molecule has 0 saturated carbocycles.